The van der Waals surface area contributed by atoms with Crippen LogP contribution in [0.25, 0.3) is 5.69 Å². The lowest BCUT2D eigenvalue weighted by molar-refractivity contribution is 0.0525. The molecule has 1 aromatic heterocycles. The summed E-state index contributed by atoms with van der Waals surface area (Å²) in [5, 5.41) is 7.20. The van der Waals surface area contributed by atoms with Crippen LogP contribution in [0.5, 0.6) is 0 Å². The third-order valence-electron chi connectivity index (χ3n) is 4.79. The fourth-order valence-electron chi connectivity index (χ4n) is 3.03. The van der Waals surface area contributed by atoms with Crippen molar-refractivity contribution in [3.63, 3.8) is 0 Å². The fraction of sp³-hybridized carbons (Fsp3) is 0.261. The molecular weight excluding hydrogens is 380 g/mol. The number of aromatic nitrogens is 2. The van der Waals surface area contributed by atoms with Crippen LogP contribution < -0.4 is 10.2 Å². The molecule has 2 aromatic carbocycles. The third kappa shape index (κ3) is 4.68. The van der Waals surface area contributed by atoms with E-state index < -0.39 is 5.97 Å². The van der Waals surface area contributed by atoms with Crippen LogP contribution in [-0.2, 0) is 11.3 Å². The van der Waals surface area contributed by atoms with Gasteiger partial charge in [0.1, 0.15) is 5.56 Å². The smallest absolute Gasteiger partial charge is 0.341 e. The van der Waals surface area contributed by atoms with Gasteiger partial charge in [0.2, 0.25) is 0 Å². The van der Waals surface area contributed by atoms with Crippen LogP contribution in [-0.4, -0.2) is 42.4 Å². The Hall–Kier alpha value is -3.61. The SMILES string of the molecule is CCOC(=O)c1cnn(-c2ccc(C(=O)NCc3ccc(N(C)C)cc3)cc2)c1C. The lowest BCUT2D eigenvalue weighted by Crippen LogP contribution is -2.22. The molecule has 0 fully saturated rings. The maximum atomic E-state index is 12.5. The molecule has 156 valence electrons. The first-order chi connectivity index (χ1) is 14.4. The Kier molecular flexibility index (Phi) is 6.51. The number of hydrogen-bond donors (Lipinski definition) is 1. The van der Waals surface area contributed by atoms with Gasteiger partial charge in [0.25, 0.3) is 5.91 Å². The highest BCUT2D eigenvalue weighted by Crippen LogP contribution is 2.16. The van der Waals surface area contributed by atoms with Gasteiger partial charge in [0, 0.05) is 31.9 Å². The molecule has 30 heavy (non-hydrogen) atoms. The van der Waals surface area contributed by atoms with E-state index in [0.29, 0.717) is 30.0 Å². The number of esters is 1. The first kappa shape index (κ1) is 21.1. The van der Waals surface area contributed by atoms with Crippen molar-refractivity contribution in [2.45, 2.75) is 20.4 Å². The molecule has 0 aliphatic rings. The number of anilines is 1. The number of nitrogens with zero attached hydrogens (tertiary/aromatic N) is 3. The molecule has 3 rings (SSSR count). The average molecular weight is 406 g/mol. The van der Waals surface area contributed by atoms with Gasteiger partial charge in [-0.25, -0.2) is 9.48 Å². The topological polar surface area (TPSA) is 76.5 Å². The van der Waals surface area contributed by atoms with E-state index in [2.05, 4.69) is 10.4 Å². The summed E-state index contributed by atoms with van der Waals surface area (Å²) >= 11 is 0. The second-order valence-electron chi connectivity index (χ2n) is 7.07. The Morgan fingerprint density at radius 2 is 1.73 bits per heavy atom. The number of carbonyl (C=O) groups is 2. The number of nitrogens with one attached hydrogen (secondary N) is 1. The van der Waals surface area contributed by atoms with Crippen LogP contribution in [0, 0.1) is 6.92 Å². The minimum absolute atomic E-state index is 0.150. The van der Waals surface area contributed by atoms with E-state index in [-0.39, 0.29) is 5.91 Å². The normalized spacial score (nSPS) is 10.5. The molecule has 0 saturated carbocycles. The van der Waals surface area contributed by atoms with Gasteiger partial charge in [-0.1, -0.05) is 12.1 Å². The van der Waals surface area contributed by atoms with Crippen LogP contribution in [0.4, 0.5) is 5.69 Å². The molecule has 0 bridgehead atoms. The number of benzene rings is 2. The van der Waals surface area contributed by atoms with E-state index in [1.807, 2.05) is 43.3 Å². The quantitative estimate of drug-likeness (QED) is 0.609. The van der Waals surface area contributed by atoms with Crippen LogP contribution in [0.2, 0.25) is 0 Å². The first-order valence-electron chi connectivity index (χ1n) is 9.77. The zero-order chi connectivity index (χ0) is 21.7. The molecular formula is C23H26N4O3. The van der Waals surface area contributed by atoms with Crippen molar-refractivity contribution in [2.75, 3.05) is 25.6 Å². The maximum Gasteiger partial charge on any atom is 0.341 e. The molecule has 7 nitrogen and oxygen atoms in total. The summed E-state index contributed by atoms with van der Waals surface area (Å²) in [7, 11) is 3.98. The van der Waals surface area contributed by atoms with E-state index in [1.165, 1.54) is 6.20 Å². The van der Waals surface area contributed by atoms with Crippen LogP contribution in [0.15, 0.2) is 54.7 Å². The lowest BCUT2D eigenvalue weighted by Gasteiger charge is -2.13. The van der Waals surface area contributed by atoms with Gasteiger partial charge in [-0.15, -0.1) is 0 Å². The predicted octanol–water partition coefficient (Wildman–Crippen LogP) is 3.35. The monoisotopic (exact) mass is 406 g/mol. The van der Waals surface area contributed by atoms with Crippen molar-refractivity contribution >= 4 is 17.6 Å². The number of amides is 1. The highest BCUT2D eigenvalue weighted by molar-refractivity contribution is 5.94. The van der Waals surface area contributed by atoms with Crippen molar-refractivity contribution in [2.24, 2.45) is 0 Å². The fourth-order valence-corrected chi connectivity index (χ4v) is 3.03. The van der Waals surface area contributed by atoms with Crippen molar-refractivity contribution in [3.8, 4) is 5.69 Å². The van der Waals surface area contributed by atoms with Gasteiger partial charge in [-0.3, -0.25) is 4.79 Å². The van der Waals surface area contributed by atoms with E-state index >= 15 is 0 Å². The van der Waals surface area contributed by atoms with Gasteiger partial charge in [0.05, 0.1) is 24.2 Å². The summed E-state index contributed by atoms with van der Waals surface area (Å²) in [5.74, 6) is -0.543. The van der Waals surface area contributed by atoms with Crippen molar-refractivity contribution in [3.05, 3.63) is 77.1 Å². The summed E-state index contributed by atoms with van der Waals surface area (Å²) < 4.78 is 6.70. The molecule has 1 heterocycles. The predicted molar refractivity (Wildman–Crippen MR) is 116 cm³/mol. The van der Waals surface area contributed by atoms with Gasteiger partial charge >= 0.3 is 5.97 Å². The Morgan fingerprint density at radius 1 is 1.07 bits per heavy atom. The minimum atomic E-state index is -0.393. The molecule has 0 saturated heterocycles. The van der Waals surface area contributed by atoms with Gasteiger partial charge in [-0.2, -0.15) is 5.10 Å². The Morgan fingerprint density at radius 3 is 2.33 bits per heavy atom. The number of ether oxygens (including phenoxy) is 1. The molecule has 0 aliphatic heterocycles. The summed E-state index contributed by atoms with van der Waals surface area (Å²) in [4.78, 5) is 26.5. The number of carbonyl (C=O) groups excluding carboxylic acids is 2. The van der Waals surface area contributed by atoms with E-state index in [1.54, 1.807) is 42.8 Å². The first-order valence-corrected chi connectivity index (χ1v) is 9.77. The van der Waals surface area contributed by atoms with E-state index in [4.69, 9.17) is 4.74 Å². The van der Waals surface area contributed by atoms with Crippen molar-refractivity contribution in [1.82, 2.24) is 15.1 Å². The lowest BCUT2D eigenvalue weighted by atomic mass is 10.1. The molecule has 1 amide bonds. The molecule has 0 radical (unpaired) electrons. The molecule has 0 unspecified atom stereocenters. The van der Waals surface area contributed by atoms with E-state index in [0.717, 1.165) is 16.9 Å². The zero-order valence-electron chi connectivity index (χ0n) is 17.7. The van der Waals surface area contributed by atoms with E-state index in [9.17, 15) is 9.59 Å². The van der Waals surface area contributed by atoms with Gasteiger partial charge in [-0.05, 0) is 55.8 Å². The molecule has 7 heteroatoms. The van der Waals surface area contributed by atoms with Crippen LogP contribution >= 0.6 is 0 Å². The molecule has 0 aliphatic carbocycles. The second-order valence-corrected chi connectivity index (χ2v) is 7.07. The average Bonchev–Trinajstić information content (AvgIpc) is 3.14. The second kappa shape index (κ2) is 9.26. The standard InChI is InChI=1S/C23H26N4O3/c1-5-30-23(29)21-15-25-27(16(21)2)20-12-8-18(9-13-20)22(28)24-14-17-6-10-19(11-7-17)26(3)4/h6-13,15H,5,14H2,1-4H3,(H,24,28). The summed E-state index contributed by atoms with van der Waals surface area (Å²) in [6.45, 7) is 4.34. The van der Waals surface area contributed by atoms with Crippen LogP contribution in [0.3, 0.4) is 0 Å². The highest BCUT2D eigenvalue weighted by Gasteiger charge is 2.16. The van der Waals surface area contributed by atoms with Gasteiger partial charge < -0.3 is 15.0 Å². The van der Waals surface area contributed by atoms with Crippen molar-refractivity contribution < 1.29 is 14.3 Å². The Bertz CT molecular complexity index is 1020. The molecule has 0 spiro atoms. The molecule has 3 aromatic rings. The minimum Gasteiger partial charge on any atom is -0.462 e. The Balaban J connectivity index is 1.65. The van der Waals surface area contributed by atoms with Crippen molar-refractivity contribution in [1.29, 1.82) is 0 Å². The third-order valence-corrected chi connectivity index (χ3v) is 4.79. The Labute approximate surface area is 176 Å². The summed E-state index contributed by atoms with van der Waals surface area (Å²) in [5.41, 5.74) is 4.58. The summed E-state index contributed by atoms with van der Waals surface area (Å²) in [6, 6.07) is 15.1. The molecule has 1 N–H and O–H groups in total. The molecule has 0 atom stereocenters. The van der Waals surface area contributed by atoms with Gasteiger partial charge in [0.15, 0.2) is 0 Å². The zero-order valence-corrected chi connectivity index (χ0v) is 17.7. The largest absolute Gasteiger partial charge is 0.462 e. The number of rotatable bonds is 7. The maximum absolute atomic E-state index is 12.5. The van der Waals surface area contributed by atoms with Crippen LogP contribution in [0.1, 0.15) is 38.9 Å². The highest BCUT2D eigenvalue weighted by atomic mass is 16.5. The summed E-state index contributed by atoms with van der Waals surface area (Å²) in [6.07, 6.45) is 1.50. The number of hydrogen-bond acceptors (Lipinski definition) is 5.